The van der Waals surface area contributed by atoms with Gasteiger partial charge in [0.15, 0.2) is 0 Å². The molecule has 0 radical (unpaired) electrons. The van der Waals surface area contributed by atoms with Crippen molar-refractivity contribution in [3.63, 3.8) is 0 Å². The minimum absolute atomic E-state index is 0.624. The van der Waals surface area contributed by atoms with Gasteiger partial charge in [0, 0.05) is 31.6 Å². The lowest BCUT2D eigenvalue weighted by Crippen LogP contribution is -2.37. The van der Waals surface area contributed by atoms with Crippen LogP contribution in [0.15, 0.2) is 24.3 Å². The highest BCUT2D eigenvalue weighted by atomic mass is 14.9. The van der Waals surface area contributed by atoms with Crippen molar-refractivity contribution >= 4 is 0 Å². The third-order valence-electron chi connectivity index (χ3n) is 3.90. The number of benzene rings is 1. The topological polar surface area (TPSA) is 24.1 Å². The molecule has 0 spiro atoms. The van der Waals surface area contributed by atoms with Gasteiger partial charge in [-0.1, -0.05) is 44.0 Å². The Morgan fingerprint density at radius 2 is 2.22 bits per heavy atom. The lowest BCUT2D eigenvalue weighted by atomic mass is 9.90. The first-order valence-corrected chi connectivity index (χ1v) is 7.33. The van der Waals surface area contributed by atoms with Crippen LogP contribution in [0.2, 0.25) is 0 Å². The fraction of sp³-hybridized carbons (Fsp3) is 0.625. The fourth-order valence-electron chi connectivity index (χ4n) is 2.72. The van der Waals surface area contributed by atoms with E-state index in [1.165, 1.54) is 30.4 Å². The maximum Gasteiger partial charge on any atom is 0.0208 e. The molecule has 18 heavy (non-hydrogen) atoms. The third-order valence-corrected chi connectivity index (χ3v) is 3.90. The van der Waals surface area contributed by atoms with E-state index in [0.29, 0.717) is 12.0 Å². The molecule has 2 heteroatoms. The monoisotopic (exact) mass is 246 g/mol. The van der Waals surface area contributed by atoms with Crippen molar-refractivity contribution in [2.24, 2.45) is 0 Å². The van der Waals surface area contributed by atoms with Crippen molar-refractivity contribution in [2.75, 3.05) is 13.1 Å². The van der Waals surface area contributed by atoms with Crippen molar-refractivity contribution in [1.29, 1.82) is 0 Å². The number of rotatable bonds is 6. The predicted molar refractivity (Wildman–Crippen MR) is 77.9 cm³/mol. The lowest BCUT2D eigenvalue weighted by Gasteiger charge is -2.28. The molecule has 0 fully saturated rings. The Labute approximate surface area is 111 Å². The quantitative estimate of drug-likeness (QED) is 0.806. The summed E-state index contributed by atoms with van der Waals surface area (Å²) < 4.78 is 0. The Hall–Kier alpha value is -0.860. The van der Waals surface area contributed by atoms with Gasteiger partial charge in [0.25, 0.3) is 0 Å². The summed E-state index contributed by atoms with van der Waals surface area (Å²) in [6, 6.07) is 9.48. The van der Waals surface area contributed by atoms with Crippen LogP contribution in [0.3, 0.4) is 0 Å². The van der Waals surface area contributed by atoms with Crippen molar-refractivity contribution in [1.82, 2.24) is 10.6 Å². The molecule has 1 aromatic rings. The number of hydrogen-bond acceptors (Lipinski definition) is 2. The van der Waals surface area contributed by atoms with E-state index in [0.717, 1.165) is 19.6 Å². The normalized spacial score (nSPS) is 20.4. The molecule has 0 saturated carbocycles. The molecule has 0 amide bonds. The maximum atomic E-state index is 3.69. The summed E-state index contributed by atoms with van der Waals surface area (Å²) in [4.78, 5) is 0. The molecule has 1 aromatic carbocycles. The second kappa shape index (κ2) is 6.91. The molecule has 2 unspecified atom stereocenters. The molecule has 2 N–H and O–H groups in total. The molecule has 1 aliphatic heterocycles. The molecule has 2 rings (SSSR count). The molecule has 1 aliphatic rings. The van der Waals surface area contributed by atoms with Gasteiger partial charge in [0.05, 0.1) is 0 Å². The minimum Gasteiger partial charge on any atom is -0.314 e. The van der Waals surface area contributed by atoms with Gasteiger partial charge in [0.1, 0.15) is 0 Å². The molecular formula is C16H26N2. The van der Waals surface area contributed by atoms with E-state index in [9.17, 15) is 0 Å². The average molecular weight is 246 g/mol. The van der Waals surface area contributed by atoms with E-state index in [-0.39, 0.29) is 0 Å². The van der Waals surface area contributed by atoms with E-state index in [1.54, 1.807) is 0 Å². The van der Waals surface area contributed by atoms with Gasteiger partial charge in [-0.25, -0.2) is 0 Å². The zero-order valence-electron chi connectivity index (χ0n) is 11.7. The van der Waals surface area contributed by atoms with Crippen LogP contribution in [-0.2, 0) is 6.54 Å². The van der Waals surface area contributed by atoms with Crippen LogP contribution in [0.5, 0.6) is 0 Å². The van der Waals surface area contributed by atoms with Crippen LogP contribution in [-0.4, -0.2) is 19.1 Å². The predicted octanol–water partition coefficient (Wildman–Crippen LogP) is 3.04. The van der Waals surface area contributed by atoms with Gasteiger partial charge in [-0.05, 0) is 24.5 Å². The maximum absolute atomic E-state index is 3.69. The molecule has 2 nitrogen and oxygen atoms in total. The van der Waals surface area contributed by atoms with Gasteiger partial charge in [0.2, 0.25) is 0 Å². The summed E-state index contributed by atoms with van der Waals surface area (Å²) in [7, 11) is 0. The number of unbranched alkanes of at least 4 members (excludes halogenated alkanes) is 1. The van der Waals surface area contributed by atoms with Crippen LogP contribution in [0, 0.1) is 0 Å². The lowest BCUT2D eigenvalue weighted by molar-refractivity contribution is 0.443. The zero-order valence-corrected chi connectivity index (χ0v) is 11.7. The van der Waals surface area contributed by atoms with Crippen LogP contribution >= 0.6 is 0 Å². The van der Waals surface area contributed by atoms with E-state index < -0.39 is 0 Å². The summed E-state index contributed by atoms with van der Waals surface area (Å²) >= 11 is 0. The molecule has 1 heterocycles. The summed E-state index contributed by atoms with van der Waals surface area (Å²) in [6.07, 6.45) is 3.91. The second-order valence-electron chi connectivity index (χ2n) is 5.48. The standard InChI is InChI=1S/C16H26N2/c1-3-4-7-13(2)18-12-15-11-17-10-14-8-5-6-9-16(14)15/h5-6,8-9,13,15,17-18H,3-4,7,10-12H2,1-2H3. The average Bonchev–Trinajstić information content (AvgIpc) is 2.42. The highest BCUT2D eigenvalue weighted by Crippen LogP contribution is 2.23. The molecule has 2 atom stereocenters. The largest absolute Gasteiger partial charge is 0.314 e. The molecule has 0 aliphatic carbocycles. The summed E-state index contributed by atoms with van der Waals surface area (Å²) in [5.41, 5.74) is 3.00. The van der Waals surface area contributed by atoms with Crippen molar-refractivity contribution < 1.29 is 0 Å². The Balaban J connectivity index is 1.87. The van der Waals surface area contributed by atoms with Gasteiger partial charge in [-0.2, -0.15) is 0 Å². The highest BCUT2D eigenvalue weighted by Gasteiger charge is 2.19. The van der Waals surface area contributed by atoms with E-state index in [2.05, 4.69) is 48.7 Å². The van der Waals surface area contributed by atoms with Gasteiger partial charge in [-0.3, -0.25) is 0 Å². The first-order chi connectivity index (χ1) is 8.81. The fourth-order valence-corrected chi connectivity index (χ4v) is 2.72. The SMILES string of the molecule is CCCCC(C)NCC1CNCc2ccccc21. The first-order valence-electron chi connectivity index (χ1n) is 7.33. The summed E-state index contributed by atoms with van der Waals surface area (Å²) in [5, 5.41) is 7.21. The highest BCUT2D eigenvalue weighted by molar-refractivity contribution is 5.32. The molecule has 0 aromatic heterocycles. The minimum atomic E-state index is 0.624. The van der Waals surface area contributed by atoms with Crippen LogP contribution in [0.1, 0.15) is 50.2 Å². The van der Waals surface area contributed by atoms with Crippen molar-refractivity contribution in [2.45, 2.75) is 51.6 Å². The van der Waals surface area contributed by atoms with Gasteiger partial charge >= 0.3 is 0 Å². The van der Waals surface area contributed by atoms with Crippen molar-refractivity contribution in [3.8, 4) is 0 Å². The van der Waals surface area contributed by atoms with Crippen LogP contribution < -0.4 is 10.6 Å². The number of nitrogens with one attached hydrogen (secondary N) is 2. The Kier molecular flexibility index (Phi) is 5.21. The first kappa shape index (κ1) is 13.6. The third kappa shape index (κ3) is 3.56. The number of hydrogen-bond donors (Lipinski definition) is 2. The zero-order chi connectivity index (χ0) is 12.8. The molecule has 100 valence electrons. The summed E-state index contributed by atoms with van der Waals surface area (Å²) in [6.45, 7) is 7.78. The molecule has 0 saturated heterocycles. The smallest absolute Gasteiger partial charge is 0.0208 e. The van der Waals surface area contributed by atoms with Gasteiger partial charge < -0.3 is 10.6 Å². The summed E-state index contributed by atoms with van der Waals surface area (Å²) in [5.74, 6) is 0.624. The molecular weight excluding hydrogens is 220 g/mol. The van der Waals surface area contributed by atoms with Gasteiger partial charge in [-0.15, -0.1) is 0 Å². The van der Waals surface area contributed by atoms with Crippen molar-refractivity contribution in [3.05, 3.63) is 35.4 Å². The van der Waals surface area contributed by atoms with E-state index >= 15 is 0 Å². The van der Waals surface area contributed by atoms with Crippen LogP contribution in [0.4, 0.5) is 0 Å². The number of fused-ring (bicyclic) bond motifs is 1. The second-order valence-corrected chi connectivity index (χ2v) is 5.48. The Morgan fingerprint density at radius 1 is 1.39 bits per heavy atom. The molecule has 0 bridgehead atoms. The van der Waals surface area contributed by atoms with E-state index in [1.807, 2.05) is 0 Å². The Morgan fingerprint density at radius 3 is 3.06 bits per heavy atom. The Bertz CT molecular complexity index is 362. The van der Waals surface area contributed by atoms with E-state index in [4.69, 9.17) is 0 Å². The van der Waals surface area contributed by atoms with Crippen LogP contribution in [0.25, 0.3) is 0 Å².